The first-order chi connectivity index (χ1) is 8.52. The minimum absolute atomic E-state index is 0.0208. The lowest BCUT2D eigenvalue weighted by Crippen LogP contribution is -2.34. The Bertz CT molecular complexity index is 227. The quantitative estimate of drug-likeness (QED) is 0.794. The molecule has 2 fully saturated rings. The first-order valence-corrected chi connectivity index (χ1v) is 7.50. The summed E-state index contributed by atoms with van der Waals surface area (Å²) in [6, 6.07) is -0.713. The van der Waals surface area contributed by atoms with Crippen molar-refractivity contribution >= 4 is 5.97 Å². The van der Waals surface area contributed by atoms with Crippen LogP contribution in [0.5, 0.6) is 0 Å². The average molecular weight is 255 g/mol. The fourth-order valence-corrected chi connectivity index (χ4v) is 3.14. The highest BCUT2D eigenvalue weighted by molar-refractivity contribution is 5.73. The molecule has 0 heterocycles. The van der Waals surface area contributed by atoms with E-state index >= 15 is 0 Å². The summed E-state index contributed by atoms with van der Waals surface area (Å²) in [5, 5.41) is 8.23. The van der Waals surface area contributed by atoms with Gasteiger partial charge in [0.05, 0.1) is 0 Å². The number of carboxylic acids is 1. The SMILES string of the molecule is C1CCC2CCCCC2C1.CC(C)[C@H](N)C(=O)O. The van der Waals surface area contributed by atoms with E-state index < -0.39 is 12.0 Å². The van der Waals surface area contributed by atoms with Crippen molar-refractivity contribution in [1.82, 2.24) is 0 Å². The smallest absolute Gasteiger partial charge is 0.320 e. The number of rotatable bonds is 2. The van der Waals surface area contributed by atoms with Crippen molar-refractivity contribution in [3.05, 3.63) is 0 Å². The van der Waals surface area contributed by atoms with Crippen LogP contribution in [0, 0.1) is 17.8 Å². The third-order valence-corrected chi connectivity index (χ3v) is 4.47. The highest BCUT2D eigenvalue weighted by Gasteiger charge is 2.26. The molecule has 0 aromatic rings. The summed E-state index contributed by atoms with van der Waals surface area (Å²) in [6.07, 6.45) is 12.4. The fraction of sp³-hybridized carbons (Fsp3) is 0.933. The Morgan fingerprint density at radius 3 is 1.50 bits per heavy atom. The molecule has 2 aliphatic rings. The number of aliphatic carboxylic acids is 1. The Labute approximate surface area is 111 Å². The van der Waals surface area contributed by atoms with E-state index in [1.54, 1.807) is 39.5 Å². The number of carbonyl (C=O) groups is 1. The molecule has 0 aliphatic heterocycles. The van der Waals surface area contributed by atoms with Gasteiger partial charge in [0.2, 0.25) is 0 Å². The van der Waals surface area contributed by atoms with Crippen LogP contribution in [0.3, 0.4) is 0 Å². The summed E-state index contributed by atoms with van der Waals surface area (Å²) >= 11 is 0. The third-order valence-electron chi connectivity index (χ3n) is 4.47. The molecule has 0 amide bonds. The van der Waals surface area contributed by atoms with Gasteiger partial charge in [-0.05, 0) is 17.8 Å². The van der Waals surface area contributed by atoms with Crippen LogP contribution in [0.15, 0.2) is 0 Å². The van der Waals surface area contributed by atoms with E-state index in [2.05, 4.69) is 0 Å². The predicted molar refractivity (Wildman–Crippen MR) is 74.4 cm³/mol. The van der Waals surface area contributed by atoms with Crippen LogP contribution in [-0.2, 0) is 4.79 Å². The molecule has 0 bridgehead atoms. The highest BCUT2D eigenvalue weighted by Crippen LogP contribution is 2.39. The molecule has 2 rings (SSSR count). The van der Waals surface area contributed by atoms with E-state index in [1.807, 2.05) is 0 Å². The normalized spacial score (nSPS) is 28.9. The second kappa shape index (κ2) is 7.78. The standard InChI is InChI=1S/C10H18.C5H11NO2/c1-2-6-10-8-4-3-7-9(10)5-1;1-3(2)4(6)5(7)8/h9-10H,1-8H2;3-4H,6H2,1-2H3,(H,7,8)/t;4-/m.0/s1. The van der Waals surface area contributed by atoms with Crippen molar-refractivity contribution in [2.24, 2.45) is 23.5 Å². The van der Waals surface area contributed by atoms with E-state index in [4.69, 9.17) is 10.8 Å². The average Bonchev–Trinajstić information content (AvgIpc) is 2.38. The Balaban J connectivity index is 0.000000187. The number of fused-ring (bicyclic) bond motifs is 1. The van der Waals surface area contributed by atoms with Gasteiger partial charge in [0.1, 0.15) is 6.04 Å². The molecule has 18 heavy (non-hydrogen) atoms. The van der Waals surface area contributed by atoms with Crippen molar-refractivity contribution in [3.63, 3.8) is 0 Å². The molecule has 0 saturated heterocycles. The maximum absolute atomic E-state index is 10.0. The van der Waals surface area contributed by atoms with E-state index in [-0.39, 0.29) is 5.92 Å². The zero-order valence-corrected chi connectivity index (χ0v) is 11.9. The first kappa shape index (κ1) is 15.5. The lowest BCUT2D eigenvalue weighted by Gasteiger charge is -2.35. The van der Waals surface area contributed by atoms with Crippen molar-refractivity contribution in [3.8, 4) is 0 Å². The van der Waals surface area contributed by atoms with Crippen LogP contribution in [-0.4, -0.2) is 17.1 Å². The minimum Gasteiger partial charge on any atom is -0.480 e. The second-order valence-electron chi connectivity index (χ2n) is 6.20. The third kappa shape index (κ3) is 4.97. The Morgan fingerprint density at radius 2 is 1.33 bits per heavy atom. The van der Waals surface area contributed by atoms with Crippen LogP contribution in [0.25, 0.3) is 0 Å². The molecule has 2 saturated carbocycles. The number of hydrogen-bond donors (Lipinski definition) is 2. The summed E-state index contributed by atoms with van der Waals surface area (Å²) < 4.78 is 0. The highest BCUT2D eigenvalue weighted by atomic mass is 16.4. The summed E-state index contributed by atoms with van der Waals surface area (Å²) in [6.45, 7) is 3.55. The molecule has 3 N–H and O–H groups in total. The molecular weight excluding hydrogens is 226 g/mol. The van der Waals surface area contributed by atoms with Gasteiger partial charge in [0.15, 0.2) is 0 Å². The Morgan fingerprint density at radius 1 is 1.00 bits per heavy atom. The summed E-state index contributed by atoms with van der Waals surface area (Å²) in [7, 11) is 0. The van der Waals surface area contributed by atoms with Crippen LogP contribution < -0.4 is 5.73 Å². The van der Waals surface area contributed by atoms with E-state index in [1.165, 1.54) is 25.7 Å². The maximum Gasteiger partial charge on any atom is 0.320 e. The molecule has 0 spiro atoms. The molecule has 1 atom stereocenters. The number of carboxylic acid groups (broad SMARTS) is 1. The topological polar surface area (TPSA) is 63.3 Å². The van der Waals surface area contributed by atoms with Gasteiger partial charge in [-0.2, -0.15) is 0 Å². The summed E-state index contributed by atoms with van der Waals surface area (Å²) in [4.78, 5) is 10.0. The number of hydrogen-bond acceptors (Lipinski definition) is 2. The summed E-state index contributed by atoms with van der Waals surface area (Å²) in [5.41, 5.74) is 5.16. The summed E-state index contributed by atoms with van der Waals surface area (Å²) in [5.74, 6) is 1.40. The molecule has 0 radical (unpaired) electrons. The molecule has 2 aliphatic carbocycles. The van der Waals surface area contributed by atoms with Gasteiger partial charge in [-0.3, -0.25) is 4.79 Å². The zero-order chi connectivity index (χ0) is 13.5. The van der Waals surface area contributed by atoms with Crippen LogP contribution in [0.2, 0.25) is 0 Å². The van der Waals surface area contributed by atoms with E-state index in [0.29, 0.717) is 0 Å². The molecule has 0 unspecified atom stereocenters. The van der Waals surface area contributed by atoms with Gasteiger partial charge >= 0.3 is 5.97 Å². The molecule has 0 aromatic carbocycles. The second-order valence-corrected chi connectivity index (χ2v) is 6.20. The maximum atomic E-state index is 10.0. The first-order valence-electron chi connectivity index (χ1n) is 7.50. The van der Waals surface area contributed by atoms with Crippen molar-refractivity contribution in [2.75, 3.05) is 0 Å². The Hall–Kier alpha value is -0.570. The van der Waals surface area contributed by atoms with E-state index in [9.17, 15) is 4.79 Å². The van der Waals surface area contributed by atoms with Crippen LogP contribution in [0.4, 0.5) is 0 Å². The molecule has 3 heteroatoms. The number of nitrogens with two attached hydrogens (primary N) is 1. The zero-order valence-electron chi connectivity index (χ0n) is 11.9. The van der Waals surface area contributed by atoms with Crippen molar-refractivity contribution in [1.29, 1.82) is 0 Å². The molecule has 106 valence electrons. The van der Waals surface area contributed by atoms with Crippen LogP contribution in [0.1, 0.15) is 65.2 Å². The van der Waals surface area contributed by atoms with Gasteiger partial charge in [0.25, 0.3) is 0 Å². The van der Waals surface area contributed by atoms with Gasteiger partial charge in [0, 0.05) is 0 Å². The van der Waals surface area contributed by atoms with Crippen molar-refractivity contribution < 1.29 is 9.90 Å². The molecular formula is C15H29NO2. The lowest BCUT2D eigenvalue weighted by molar-refractivity contribution is -0.139. The lowest BCUT2D eigenvalue weighted by atomic mass is 9.71. The predicted octanol–water partition coefficient (Wildman–Crippen LogP) is 3.42. The van der Waals surface area contributed by atoms with Gasteiger partial charge in [-0.25, -0.2) is 0 Å². The Kier molecular flexibility index (Phi) is 6.69. The van der Waals surface area contributed by atoms with E-state index in [0.717, 1.165) is 11.8 Å². The van der Waals surface area contributed by atoms with Crippen molar-refractivity contribution in [2.45, 2.75) is 71.3 Å². The van der Waals surface area contributed by atoms with Gasteiger partial charge < -0.3 is 10.8 Å². The molecule has 0 aromatic heterocycles. The minimum atomic E-state index is -0.931. The van der Waals surface area contributed by atoms with Gasteiger partial charge in [-0.1, -0.05) is 65.2 Å². The molecule has 3 nitrogen and oxygen atoms in total. The largest absolute Gasteiger partial charge is 0.480 e. The fourth-order valence-electron chi connectivity index (χ4n) is 3.14. The van der Waals surface area contributed by atoms with Gasteiger partial charge in [-0.15, -0.1) is 0 Å². The van der Waals surface area contributed by atoms with Crippen LogP contribution >= 0.6 is 0 Å². The monoisotopic (exact) mass is 255 g/mol.